The largest absolute Gasteiger partial charge is 0.492 e. The van der Waals surface area contributed by atoms with E-state index in [9.17, 15) is 4.79 Å². The third-order valence-corrected chi connectivity index (χ3v) is 6.32. The lowest BCUT2D eigenvalue weighted by atomic mass is 10.1. The van der Waals surface area contributed by atoms with Crippen LogP contribution in [-0.4, -0.2) is 19.1 Å². The number of hydrogen-bond acceptors (Lipinski definition) is 3. The van der Waals surface area contributed by atoms with Crippen LogP contribution in [0.15, 0.2) is 72.8 Å². The summed E-state index contributed by atoms with van der Waals surface area (Å²) < 4.78 is 6.58. The number of ether oxygens (including phenoxy) is 1. The minimum atomic E-state index is -0.197. The van der Waals surface area contributed by atoms with Crippen LogP contribution >= 0.6 is 34.5 Å². The van der Waals surface area contributed by atoms with Crippen molar-refractivity contribution in [2.45, 2.75) is 0 Å². The topological polar surface area (TPSA) is 38.3 Å². The summed E-state index contributed by atoms with van der Waals surface area (Å²) >= 11 is 13.7. The fraction of sp³-hybridized carbons (Fsp3) is 0.0870. The van der Waals surface area contributed by atoms with Crippen molar-refractivity contribution in [1.82, 2.24) is 5.32 Å². The van der Waals surface area contributed by atoms with Crippen LogP contribution in [0, 0.1) is 0 Å². The summed E-state index contributed by atoms with van der Waals surface area (Å²) in [6.07, 6.45) is 0. The van der Waals surface area contributed by atoms with Crippen molar-refractivity contribution in [3.63, 3.8) is 0 Å². The molecule has 0 atom stereocenters. The molecule has 1 aromatic heterocycles. The smallest absolute Gasteiger partial charge is 0.263 e. The summed E-state index contributed by atoms with van der Waals surface area (Å²) in [5, 5.41) is 4.89. The lowest BCUT2D eigenvalue weighted by molar-refractivity contribution is 0.0951. The summed E-state index contributed by atoms with van der Waals surface area (Å²) in [5.74, 6) is 0.508. The number of benzene rings is 3. The van der Waals surface area contributed by atoms with Gasteiger partial charge in [-0.3, -0.25) is 4.79 Å². The molecular weight excluding hydrogens is 425 g/mol. The fourth-order valence-corrected chi connectivity index (χ4v) is 4.56. The Morgan fingerprint density at radius 1 is 0.931 bits per heavy atom. The Kier molecular flexibility index (Phi) is 6.05. The van der Waals surface area contributed by atoms with E-state index < -0.39 is 0 Å². The lowest BCUT2D eigenvalue weighted by Gasteiger charge is -2.07. The number of fused-ring (bicyclic) bond motifs is 1. The maximum absolute atomic E-state index is 12.6. The quantitative estimate of drug-likeness (QED) is 0.338. The van der Waals surface area contributed by atoms with E-state index in [0.717, 1.165) is 21.2 Å². The van der Waals surface area contributed by atoms with Crippen LogP contribution in [0.3, 0.4) is 0 Å². The normalized spacial score (nSPS) is 10.8. The average Bonchev–Trinajstić information content (AvgIpc) is 3.09. The van der Waals surface area contributed by atoms with Gasteiger partial charge in [-0.05, 0) is 41.5 Å². The molecule has 146 valence electrons. The highest BCUT2D eigenvalue weighted by Gasteiger charge is 2.17. The second-order valence-electron chi connectivity index (χ2n) is 6.38. The van der Waals surface area contributed by atoms with E-state index in [1.54, 1.807) is 24.3 Å². The Morgan fingerprint density at radius 2 is 1.69 bits per heavy atom. The SMILES string of the molecule is O=C(NCCOc1ccc(Cl)cc1)c1sc2cc(-c3ccccc3)ccc2c1Cl. The zero-order valence-corrected chi connectivity index (χ0v) is 17.7. The van der Waals surface area contributed by atoms with Gasteiger partial charge in [-0.15, -0.1) is 11.3 Å². The minimum Gasteiger partial charge on any atom is -0.492 e. The maximum atomic E-state index is 12.6. The van der Waals surface area contributed by atoms with Crippen molar-refractivity contribution < 1.29 is 9.53 Å². The van der Waals surface area contributed by atoms with E-state index in [1.165, 1.54) is 11.3 Å². The molecular formula is C23H17Cl2NO2S. The van der Waals surface area contributed by atoms with Crippen LogP contribution in [0.4, 0.5) is 0 Å². The third kappa shape index (κ3) is 4.56. The molecule has 0 spiro atoms. The van der Waals surface area contributed by atoms with Gasteiger partial charge in [-0.1, -0.05) is 65.7 Å². The van der Waals surface area contributed by atoms with Gasteiger partial charge in [0, 0.05) is 15.1 Å². The predicted octanol–water partition coefficient (Wildman–Crippen LogP) is 6.68. The van der Waals surface area contributed by atoms with Gasteiger partial charge in [-0.2, -0.15) is 0 Å². The average molecular weight is 442 g/mol. The van der Waals surface area contributed by atoms with Crippen molar-refractivity contribution >= 4 is 50.5 Å². The zero-order valence-electron chi connectivity index (χ0n) is 15.3. The van der Waals surface area contributed by atoms with Crippen molar-refractivity contribution in [2.24, 2.45) is 0 Å². The molecule has 0 saturated carbocycles. The van der Waals surface area contributed by atoms with Crippen LogP contribution in [0.5, 0.6) is 5.75 Å². The summed E-state index contributed by atoms with van der Waals surface area (Å²) in [4.78, 5) is 13.1. The van der Waals surface area contributed by atoms with Crippen LogP contribution in [0.1, 0.15) is 9.67 Å². The number of nitrogens with one attached hydrogen (secondary N) is 1. The molecule has 1 N–H and O–H groups in total. The van der Waals surface area contributed by atoms with Gasteiger partial charge >= 0.3 is 0 Å². The first-order chi connectivity index (χ1) is 14.1. The van der Waals surface area contributed by atoms with Crippen LogP contribution in [0.2, 0.25) is 10.0 Å². The van der Waals surface area contributed by atoms with E-state index in [4.69, 9.17) is 27.9 Å². The number of thiophene rings is 1. The number of hydrogen-bond donors (Lipinski definition) is 1. The number of carbonyl (C=O) groups is 1. The number of rotatable bonds is 6. The van der Waals surface area contributed by atoms with Gasteiger partial charge in [0.2, 0.25) is 0 Å². The van der Waals surface area contributed by atoms with Crippen LogP contribution < -0.4 is 10.1 Å². The number of amides is 1. The Labute approximate surface area is 182 Å². The van der Waals surface area contributed by atoms with Gasteiger partial charge in [0.25, 0.3) is 5.91 Å². The van der Waals surface area contributed by atoms with Gasteiger partial charge in [0.1, 0.15) is 17.2 Å². The zero-order chi connectivity index (χ0) is 20.2. The maximum Gasteiger partial charge on any atom is 0.263 e. The number of halogens is 2. The first kappa shape index (κ1) is 19.8. The molecule has 0 radical (unpaired) electrons. The van der Waals surface area contributed by atoms with E-state index in [-0.39, 0.29) is 5.91 Å². The molecule has 29 heavy (non-hydrogen) atoms. The highest BCUT2D eigenvalue weighted by atomic mass is 35.5. The second-order valence-corrected chi connectivity index (χ2v) is 8.25. The molecule has 3 nitrogen and oxygen atoms in total. The van der Waals surface area contributed by atoms with Gasteiger partial charge in [0.05, 0.1) is 11.6 Å². The van der Waals surface area contributed by atoms with Gasteiger partial charge in [-0.25, -0.2) is 0 Å². The molecule has 0 unspecified atom stereocenters. The molecule has 0 aliphatic rings. The monoisotopic (exact) mass is 441 g/mol. The van der Waals surface area contributed by atoms with Crippen LogP contribution in [-0.2, 0) is 0 Å². The van der Waals surface area contributed by atoms with E-state index >= 15 is 0 Å². The summed E-state index contributed by atoms with van der Waals surface area (Å²) in [6.45, 7) is 0.731. The molecule has 0 aliphatic carbocycles. The minimum absolute atomic E-state index is 0.197. The highest BCUT2D eigenvalue weighted by molar-refractivity contribution is 7.21. The first-order valence-electron chi connectivity index (χ1n) is 9.06. The van der Waals surface area contributed by atoms with E-state index in [0.29, 0.717) is 33.8 Å². The Bertz CT molecular complexity index is 1140. The standard InChI is InChI=1S/C23H17Cl2NO2S/c24-17-7-9-18(10-8-17)28-13-12-26-23(27)22-21(25)19-11-6-16(14-20(19)29-22)15-4-2-1-3-5-15/h1-11,14H,12-13H2,(H,26,27). The van der Waals surface area contributed by atoms with Crippen molar-refractivity contribution in [3.8, 4) is 16.9 Å². The molecule has 0 saturated heterocycles. The first-order valence-corrected chi connectivity index (χ1v) is 10.6. The molecule has 0 fully saturated rings. The van der Waals surface area contributed by atoms with Gasteiger partial charge < -0.3 is 10.1 Å². The summed E-state index contributed by atoms with van der Waals surface area (Å²) in [6, 6.07) is 23.3. The Morgan fingerprint density at radius 3 is 2.45 bits per heavy atom. The highest BCUT2D eigenvalue weighted by Crippen LogP contribution is 2.37. The van der Waals surface area contributed by atoms with E-state index in [2.05, 4.69) is 23.5 Å². The molecule has 1 amide bonds. The van der Waals surface area contributed by atoms with Gasteiger partial charge in [0.15, 0.2) is 0 Å². The van der Waals surface area contributed by atoms with Crippen LogP contribution in [0.25, 0.3) is 21.2 Å². The molecule has 6 heteroatoms. The Balaban J connectivity index is 1.43. The lowest BCUT2D eigenvalue weighted by Crippen LogP contribution is -2.27. The van der Waals surface area contributed by atoms with E-state index in [1.807, 2.05) is 30.3 Å². The fourth-order valence-electron chi connectivity index (χ4n) is 2.97. The molecule has 0 bridgehead atoms. The molecule has 4 rings (SSSR count). The second kappa shape index (κ2) is 8.87. The number of carbonyl (C=O) groups excluding carboxylic acids is 1. The summed E-state index contributed by atoms with van der Waals surface area (Å²) in [5.41, 5.74) is 2.23. The predicted molar refractivity (Wildman–Crippen MR) is 122 cm³/mol. The molecule has 4 aromatic rings. The molecule has 0 aliphatic heterocycles. The molecule has 1 heterocycles. The summed E-state index contributed by atoms with van der Waals surface area (Å²) in [7, 11) is 0. The Hall–Kier alpha value is -2.53. The third-order valence-electron chi connectivity index (χ3n) is 4.41. The van der Waals surface area contributed by atoms with Crippen molar-refractivity contribution in [2.75, 3.05) is 13.2 Å². The van der Waals surface area contributed by atoms with Crippen molar-refractivity contribution in [3.05, 3.63) is 87.7 Å². The molecule has 3 aromatic carbocycles. The van der Waals surface area contributed by atoms with Crippen molar-refractivity contribution in [1.29, 1.82) is 0 Å².